The van der Waals surface area contributed by atoms with Crippen LogP contribution >= 0.6 is 0 Å². The van der Waals surface area contributed by atoms with Gasteiger partial charge in [-0.05, 0) is 49.1 Å². The van der Waals surface area contributed by atoms with Crippen LogP contribution in [0.2, 0.25) is 0 Å². The maximum atomic E-state index is 13.8. The zero-order valence-corrected chi connectivity index (χ0v) is 23.0. The van der Waals surface area contributed by atoms with Crippen molar-refractivity contribution in [2.75, 3.05) is 6.61 Å². The van der Waals surface area contributed by atoms with Gasteiger partial charge in [-0.1, -0.05) is 67.6 Å². The van der Waals surface area contributed by atoms with E-state index in [4.69, 9.17) is 13.9 Å². The summed E-state index contributed by atoms with van der Waals surface area (Å²) in [4.78, 5) is 38.6. The molecule has 1 atom stereocenters. The van der Waals surface area contributed by atoms with Gasteiger partial charge in [-0.25, -0.2) is 9.59 Å². The van der Waals surface area contributed by atoms with Crippen molar-refractivity contribution in [3.8, 4) is 22.6 Å². The fourth-order valence-electron chi connectivity index (χ4n) is 4.81. The number of Topliss-reactive ketones (excluding diaryl/α,β-unsaturated/α-hetero) is 1. The molecule has 1 N–H and O–H groups in total. The van der Waals surface area contributed by atoms with Gasteiger partial charge < -0.3 is 19.0 Å². The van der Waals surface area contributed by atoms with Crippen molar-refractivity contribution in [2.24, 2.45) is 5.92 Å². The standard InChI is InChI=1S/C34H30O7/c1-21(20-39-27(36)15-14-22-10-6-4-7-11-22)18-26(35)30-31(38)29-25(23-12-8-5-9-13-23)19-28(37)40-32(29)24-16-17-34(2,3)41-33(24)30/h4-17,19,21,38H,18,20H2,1-3H3/b15-14+. The number of carbonyl (C=O) groups excluding carboxylic acids is 2. The molecule has 0 fully saturated rings. The molecule has 208 valence electrons. The van der Waals surface area contributed by atoms with E-state index in [2.05, 4.69) is 0 Å². The second-order valence-electron chi connectivity index (χ2n) is 10.7. The van der Waals surface area contributed by atoms with Crippen LogP contribution < -0.4 is 10.4 Å². The first kappa shape index (κ1) is 27.6. The summed E-state index contributed by atoms with van der Waals surface area (Å²) in [6.07, 6.45) is 6.54. The lowest BCUT2D eigenvalue weighted by molar-refractivity contribution is -0.138. The molecule has 41 heavy (non-hydrogen) atoms. The Bertz CT molecular complexity index is 1730. The number of benzene rings is 3. The molecule has 0 aliphatic carbocycles. The first-order valence-electron chi connectivity index (χ1n) is 13.4. The molecule has 0 bridgehead atoms. The predicted molar refractivity (Wildman–Crippen MR) is 158 cm³/mol. The summed E-state index contributed by atoms with van der Waals surface area (Å²) in [6, 6.07) is 19.8. The monoisotopic (exact) mass is 550 g/mol. The summed E-state index contributed by atoms with van der Waals surface area (Å²) in [5.74, 6) is -1.43. The quantitative estimate of drug-likeness (QED) is 0.111. The largest absolute Gasteiger partial charge is 0.506 e. The van der Waals surface area contributed by atoms with Gasteiger partial charge in [0.1, 0.15) is 22.7 Å². The zero-order chi connectivity index (χ0) is 29.1. The smallest absolute Gasteiger partial charge is 0.336 e. The molecule has 1 aromatic heterocycles. The molecule has 1 unspecified atom stereocenters. The van der Waals surface area contributed by atoms with E-state index < -0.39 is 17.2 Å². The third-order valence-corrected chi connectivity index (χ3v) is 6.79. The van der Waals surface area contributed by atoms with E-state index in [-0.39, 0.29) is 52.8 Å². The van der Waals surface area contributed by atoms with Crippen LogP contribution in [0, 0.1) is 5.92 Å². The molecule has 4 aromatic rings. The predicted octanol–water partition coefficient (Wildman–Crippen LogP) is 6.82. The zero-order valence-electron chi connectivity index (χ0n) is 23.0. The molecule has 7 nitrogen and oxygen atoms in total. The number of fused-ring (bicyclic) bond motifs is 3. The number of rotatable bonds is 8. The van der Waals surface area contributed by atoms with Gasteiger partial charge in [0.15, 0.2) is 11.4 Å². The Hall–Kier alpha value is -4.91. The van der Waals surface area contributed by atoms with Crippen molar-refractivity contribution in [3.63, 3.8) is 0 Å². The van der Waals surface area contributed by atoms with Gasteiger partial charge in [0.05, 0.1) is 17.6 Å². The van der Waals surface area contributed by atoms with Gasteiger partial charge in [-0.2, -0.15) is 0 Å². The lowest BCUT2D eigenvalue weighted by atomic mass is 9.89. The van der Waals surface area contributed by atoms with Crippen molar-refractivity contribution < 1.29 is 28.6 Å². The molecule has 1 aliphatic heterocycles. The van der Waals surface area contributed by atoms with Gasteiger partial charge in [0, 0.05) is 24.1 Å². The fourth-order valence-corrected chi connectivity index (χ4v) is 4.81. The van der Waals surface area contributed by atoms with E-state index >= 15 is 0 Å². The van der Waals surface area contributed by atoms with Crippen LogP contribution in [0.5, 0.6) is 11.5 Å². The minimum absolute atomic E-state index is 0.00175. The Morgan fingerprint density at radius 2 is 1.73 bits per heavy atom. The Kier molecular flexibility index (Phi) is 7.62. The van der Waals surface area contributed by atoms with Crippen molar-refractivity contribution in [3.05, 3.63) is 106 Å². The third-order valence-electron chi connectivity index (χ3n) is 6.79. The Morgan fingerprint density at radius 1 is 1.05 bits per heavy atom. The Morgan fingerprint density at radius 3 is 2.44 bits per heavy atom. The second kappa shape index (κ2) is 11.3. The summed E-state index contributed by atoms with van der Waals surface area (Å²) in [5, 5.41) is 11.9. The number of carbonyl (C=O) groups is 2. The van der Waals surface area contributed by atoms with Gasteiger partial charge >= 0.3 is 11.6 Å². The van der Waals surface area contributed by atoms with Crippen LogP contribution in [-0.4, -0.2) is 29.1 Å². The van der Waals surface area contributed by atoms with E-state index in [0.29, 0.717) is 16.7 Å². The van der Waals surface area contributed by atoms with E-state index in [1.165, 1.54) is 12.1 Å². The number of phenolic OH excluding ortho intramolecular Hbond substituents is 1. The second-order valence-corrected chi connectivity index (χ2v) is 10.7. The van der Waals surface area contributed by atoms with Crippen LogP contribution in [0.3, 0.4) is 0 Å². The highest BCUT2D eigenvalue weighted by Gasteiger charge is 2.33. The number of esters is 1. The molecule has 0 saturated heterocycles. The molecule has 0 radical (unpaired) electrons. The van der Waals surface area contributed by atoms with Crippen LogP contribution in [0.4, 0.5) is 0 Å². The summed E-state index contributed by atoms with van der Waals surface area (Å²) < 4.78 is 17.1. The lowest BCUT2D eigenvalue weighted by Gasteiger charge is -2.30. The third kappa shape index (κ3) is 5.99. The molecule has 5 rings (SSSR count). The van der Waals surface area contributed by atoms with Gasteiger partial charge in [-0.3, -0.25) is 4.79 Å². The molecular formula is C34H30O7. The van der Waals surface area contributed by atoms with Crippen LogP contribution in [0.25, 0.3) is 34.2 Å². The number of hydrogen-bond donors (Lipinski definition) is 1. The summed E-state index contributed by atoms with van der Waals surface area (Å²) in [6.45, 7) is 5.44. The molecule has 0 spiro atoms. The first-order valence-corrected chi connectivity index (χ1v) is 13.4. The van der Waals surface area contributed by atoms with E-state index in [1.807, 2.05) is 74.5 Å². The minimum atomic E-state index is -0.772. The van der Waals surface area contributed by atoms with Crippen LogP contribution in [0.15, 0.2) is 88.1 Å². The first-order chi connectivity index (χ1) is 19.6. The molecule has 1 aliphatic rings. The molecule has 7 heteroatoms. The summed E-state index contributed by atoms with van der Waals surface area (Å²) in [5.41, 5.74) is 1.17. The average molecular weight is 551 g/mol. The molecule has 3 aromatic carbocycles. The average Bonchev–Trinajstić information content (AvgIpc) is 2.95. The lowest BCUT2D eigenvalue weighted by Crippen LogP contribution is -2.29. The Labute approximate surface area is 237 Å². The van der Waals surface area contributed by atoms with Crippen molar-refractivity contribution >= 4 is 34.9 Å². The van der Waals surface area contributed by atoms with E-state index in [1.54, 1.807) is 25.2 Å². The highest BCUT2D eigenvalue weighted by molar-refractivity contribution is 6.13. The molecular weight excluding hydrogens is 520 g/mol. The van der Waals surface area contributed by atoms with Crippen molar-refractivity contribution in [2.45, 2.75) is 32.8 Å². The van der Waals surface area contributed by atoms with Gasteiger partial charge in [-0.15, -0.1) is 0 Å². The van der Waals surface area contributed by atoms with Crippen LogP contribution in [0.1, 0.15) is 48.7 Å². The van der Waals surface area contributed by atoms with Gasteiger partial charge in [0.25, 0.3) is 0 Å². The van der Waals surface area contributed by atoms with Crippen molar-refractivity contribution in [1.82, 2.24) is 0 Å². The summed E-state index contributed by atoms with van der Waals surface area (Å²) >= 11 is 0. The van der Waals surface area contributed by atoms with E-state index in [0.717, 1.165) is 5.56 Å². The highest BCUT2D eigenvalue weighted by Crippen LogP contribution is 2.47. The number of ether oxygens (including phenoxy) is 2. The number of phenols is 1. The summed E-state index contributed by atoms with van der Waals surface area (Å²) in [7, 11) is 0. The topological polar surface area (TPSA) is 103 Å². The van der Waals surface area contributed by atoms with Crippen LogP contribution in [-0.2, 0) is 9.53 Å². The van der Waals surface area contributed by atoms with Crippen molar-refractivity contribution in [1.29, 1.82) is 0 Å². The highest BCUT2D eigenvalue weighted by atomic mass is 16.5. The Balaban J connectivity index is 1.48. The normalized spacial score (nSPS) is 14.4. The van der Waals surface area contributed by atoms with Gasteiger partial charge in [0.2, 0.25) is 0 Å². The number of aromatic hydroxyl groups is 1. The number of hydrogen-bond acceptors (Lipinski definition) is 7. The SMILES string of the molecule is CC(COC(=O)/C=C/c1ccccc1)CC(=O)c1c2c(c3oc(=O)cc(-c4ccccc4)c3c1O)C=CC(C)(C)O2. The molecule has 0 amide bonds. The fraction of sp³-hybridized carbons (Fsp3) is 0.206. The molecule has 2 heterocycles. The minimum Gasteiger partial charge on any atom is -0.506 e. The van der Waals surface area contributed by atoms with E-state index in [9.17, 15) is 19.5 Å². The molecule has 0 saturated carbocycles. The number of ketones is 1. The maximum Gasteiger partial charge on any atom is 0.336 e. The maximum absolute atomic E-state index is 13.8.